The van der Waals surface area contributed by atoms with Gasteiger partial charge in [-0.3, -0.25) is 4.79 Å². The van der Waals surface area contributed by atoms with Gasteiger partial charge in [-0.2, -0.15) is 0 Å². The first-order valence-corrected chi connectivity index (χ1v) is 5.60. The van der Waals surface area contributed by atoms with Gasteiger partial charge in [-0.25, -0.2) is 0 Å². The molecule has 1 saturated carbocycles. The molecule has 0 saturated heterocycles. The SMILES string of the molecule is NC(CC(=O)C1CCC1)c1ccccc1. The molecular weight excluding hydrogens is 186 g/mol. The summed E-state index contributed by atoms with van der Waals surface area (Å²) in [5.41, 5.74) is 7.05. The van der Waals surface area contributed by atoms with Crippen LogP contribution in [-0.2, 0) is 4.79 Å². The van der Waals surface area contributed by atoms with Crippen LogP contribution in [0.1, 0.15) is 37.3 Å². The molecule has 1 atom stereocenters. The third-order valence-electron chi connectivity index (χ3n) is 3.21. The molecule has 1 aliphatic rings. The third kappa shape index (κ3) is 2.45. The molecule has 2 nitrogen and oxygen atoms in total. The molecule has 15 heavy (non-hydrogen) atoms. The Bertz CT molecular complexity index is 330. The number of carbonyl (C=O) groups is 1. The minimum Gasteiger partial charge on any atom is -0.324 e. The second kappa shape index (κ2) is 4.58. The average molecular weight is 203 g/mol. The number of carbonyl (C=O) groups excluding carboxylic acids is 1. The standard InChI is InChI=1S/C13H17NO/c14-12(10-5-2-1-3-6-10)9-13(15)11-7-4-8-11/h1-3,5-6,11-12H,4,7-9,14H2. The number of nitrogens with two attached hydrogens (primary N) is 1. The van der Waals surface area contributed by atoms with Gasteiger partial charge in [-0.05, 0) is 18.4 Å². The highest BCUT2D eigenvalue weighted by Gasteiger charge is 2.26. The topological polar surface area (TPSA) is 43.1 Å². The summed E-state index contributed by atoms with van der Waals surface area (Å²) >= 11 is 0. The normalized spacial score (nSPS) is 18.2. The summed E-state index contributed by atoms with van der Waals surface area (Å²) in [6, 6.07) is 9.73. The maximum Gasteiger partial charge on any atom is 0.137 e. The first kappa shape index (κ1) is 10.4. The van der Waals surface area contributed by atoms with Crippen LogP contribution in [-0.4, -0.2) is 5.78 Å². The van der Waals surface area contributed by atoms with E-state index in [0.29, 0.717) is 18.1 Å². The van der Waals surface area contributed by atoms with Crippen LogP contribution in [0.5, 0.6) is 0 Å². The quantitative estimate of drug-likeness (QED) is 0.816. The number of ketones is 1. The Morgan fingerprint density at radius 1 is 1.33 bits per heavy atom. The summed E-state index contributed by atoms with van der Waals surface area (Å²) in [4.78, 5) is 11.7. The van der Waals surface area contributed by atoms with E-state index in [-0.39, 0.29) is 6.04 Å². The molecule has 2 heteroatoms. The average Bonchev–Trinajstić information content (AvgIpc) is 2.16. The van der Waals surface area contributed by atoms with Crippen molar-refractivity contribution in [2.24, 2.45) is 11.7 Å². The van der Waals surface area contributed by atoms with Crippen molar-refractivity contribution in [2.45, 2.75) is 31.7 Å². The van der Waals surface area contributed by atoms with E-state index in [1.54, 1.807) is 0 Å². The molecule has 1 aromatic carbocycles. The van der Waals surface area contributed by atoms with Crippen molar-refractivity contribution in [3.63, 3.8) is 0 Å². The van der Waals surface area contributed by atoms with E-state index in [1.165, 1.54) is 6.42 Å². The summed E-state index contributed by atoms with van der Waals surface area (Å²) in [6.07, 6.45) is 3.84. The maximum absolute atomic E-state index is 11.7. The van der Waals surface area contributed by atoms with E-state index < -0.39 is 0 Å². The van der Waals surface area contributed by atoms with Crippen molar-refractivity contribution in [1.29, 1.82) is 0 Å². The Morgan fingerprint density at radius 2 is 2.00 bits per heavy atom. The van der Waals surface area contributed by atoms with E-state index in [1.807, 2.05) is 30.3 Å². The monoisotopic (exact) mass is 203 g/mol. The van der Waals surface area contributed by atoms with Crippen LogP contribution in [0.25, 0.3) is 0 Å². The minimum atomic E-state index is -0.126. The molecule has 0 aliphatic heterocycles. The van der Waals surface area contributed by atoms with E-state index in [2.05, 4.69) is 0 Å². The molecular formula is C13H17NO. The smallest absolute Gasteiger partial charge is 0.137 e. The zero-order valence-electron chi connectivity index (χ0n) is 8.86. The molecule has 1 unspecified atom stereocenters. The second-order valence-electron chi connectivity index (χ2n) is 4.32. The first-order chi connectivity index (χ1) is 7.27. The molecule has 0 heterocycles. The molecule has 1 aromatic rings. The Labute approximate surface area is 90.5 Å². The van der Waals surface area contributed by atoms with Crippen LogP contribution in [0.2, 0.25) is 0 Å². The van der Waals surface area contributed by atoms with Gasteiger partial charge in [0.2, 0.25) is 0 Å². The predicted molar refractivity (Wildman–Crippen MR) is 60.3 cm³/mol. The van der Waals surface area contributed by atoms with Gasteiger partial charge in [0.15, 0.2) is 0 Å². The van der Waals surface area contributed by atoms with Gasteiger partial charge in [-0.15, -0.1) is 0 Å². The lowest BCUT2D eigenvalue weighted by Crippen LogP contribution is -2.25. The molecule has 0 aromatic heterocycles. The van der Waals surface area contributed by atoms with Crippen LogP contribution < -0.4 is 5.73 Å². The molecule has 0 amide bonds. The summed E-state index contributed by atoms with van der Waals surface area (Å²) in [7, 11) is 0. The highest BCUT2D eigenvalue weighted by atomic mass is 16.1. The Balaban J connectivity index is 1.91. The lowest BCUT2D eigenvalue weighted by Gasteiger charge is -2.25. The van der Waals surface area contributed by atoms with Crippen molar-refractivity contribution < 1.29 is 4.79 Å². The number of rotatable bonds is 4. The predicted octanol–water partition coefficient (Wildman–Crippen LogP) is 2.45. The van der Waals surface area contributed by atoms with Gasteiger partial charge < -0.3 is 5.73 Å². The molecule has 0 spiro atoms. The van der Waals surface area contributed by atoms with E-state index in [4.69, 9.17) is 5.73 Å². The van der Waals surface area contributed by atoms with E-state index in [0.717, 1.165) is 18.4 Å². The second-order valence-corrected chi connectivity index (χ2v) is 4.32. The highest BCUT2D eigenvalue weighted by Crippen LogP contribution is 2.29. The maximum atomic E-state index is 11.7. The van der Waals surface area contributed by atoms with Gasteiger partial charge in [-0.1, -0.05) is 36.8 Å². The van der Waals surface area contributed by atoms with Crippen LogP contribution in [0.3, 0.4) is 0 Å². The fourth-order valence-corrected chi connectivity index (χ4v) is 1.93. The van der Waals surface area contributed by atoms with Crippen molar-refractivity contribution >= 4 is 5.78 Å². The molecule has 0 bridgehead atoms. The Morgan fingerprint density at radius 3 is 2.53 bits per heavy atom. The molecule has 1 aliphatic carbocycles. The summed E-state index contributed by atoms with van der Waals surface area (Å²) in [6.45, 7) is 0. The van der Waals surface area contributed by atoms with Crippen molar-refractivity contribution in [3.05, 3.63) is 35.9 Å². The first-order valence-electron chi connectivity index (χ1n) is 5.60. The molecule has 2 rings (SSSR count). The van der Waals surface area contributed by atoms with E-state index in [9.17, 15) is 4.79 Å². The number of benzene rings is 1. The fraction of sp³-hybridized carbons (Fsp3) is 0.462. The van der Waals surface area contributed by atoms with Crippen LogP contribution in [0, 0.1) is 5.92 Å². The molecule has 80 valence electrons. The summed E-state index contributed by atoms with van der Waals surface area (Å²) in [5, 5.41) is 0. The van der Waals surface area contributed by atoms with Crippen LogP contribution in [0.15, 0.2) is 30.3 Å². The van der Waals surface area contributed by atoms with Gasteiger partial charge in [0.25, 0.3) is 0 Å². The summed E-state index contributed by atoms with van der Waals surface area (Å²) in [5.74, 6) is 0.650. The number of Topliss-reactive ketones (excluding diaryl/α,β-unsaturated/α-hetero) is 1. The van der Waals surface area contributed by atoms with Crippen molar-refractivity contribution in [3.8, 4) is 0 Å². The zero-order chi connectivity index (χ0) is 10.7. The van der Waals surface area contributed by atoms with Gasteiger partial charge in [0.1, 0.15) is 5.78 Å². The van der Waals surface area contributed by atoms with Crippen molar-refractivity contribution in [1.82, 2.24) is 0 Å². The number of hydrogen-bond acceptors (Lipinski definition) is 2. The van der Waals surface area contributed by atoms with Crippen LogP contribution >= 0.6 is 0 Å². The Kier molecular flexibility index (Phi) is 3.17. The lowest BCUT2D eigenvalue weighted by atomic mass is 9.80. The van der Waals surface area contributed by atoms with Crippen molar-refractivity contribution in [2.75, 3.05) is 0 Å². The molecule has 1 fully saturated rings. The molecule has 0 radical (unpaired) electrons. The minimum absolute atomic E-state index is 0.126. The number of hydrogen-bond donors (Lipinski definition) is 1. The highest BCUT2D eigenvalue weighted by molar-refractivity contribution is 5.82. The van der Waals surface area contributed by atoms with Gasteiger partial charge in [0.05, 0.1) is 0 Å². The molecule has 2 N–H and O–H groups in total. The zero-order valence-corrected chi connectivity index (χ0v) is 8.86. The van der Waals surface area contributed by atoms with Gasteiger partial charge >= 0.3 is 0 Å². The van der Waals surface area contributed by atoms with Gasteiger partial charge in [0, 0.05) is 18.4 Å². The largest absolute Gasteiger partial charge is 0.324 e. The Hall–Kier alpha value is -1.15. The van der Waals surface area contributed by atoms with Crippen LogP contribution in [0.4, 0.5) is 0 Å². The fourth-order valence-electron chi connectivity index (χ4n) is 1.93. The third-order valence-corrected chi connectivity index (χ3v) is 3.21. The van der Waals surface area contributed by atoms with E-state index >= 15 is 0 Å². The lowest BCUT2D eigenvalue weighted by molar-refractivity contribution is -0.125. The summed E-state index contributed by atoms with van der Waals surface area (Å²) < 4.78 is 0.